The molecule has 0 radical (unpaired) electrons. The molecule has 0 fully saturated rings. The molecule has 0 heterocycles. The Balaban J connectivity index is 1.77. The van der Waals surface area contributed by atoms with Crippen LogP contribution in [0.3, 0.4) is 0 Å². The second-order valence-corrected chi connectivity index (χ2v) is 5.77. The van der Waals surface area contributed by atoms with Gasteiger partial charge in [0, 0.05) is 17.3 Å². The molecule has 1 atom stereocenters. The molecule has 26 heavy (non-hydrogen) atoms. The SMILES string of the molecule is O=C(NCC(O)COc1cccc(C(F)(F)F)c1)Nc1cccc(Cl)c1. The van der Waals surface area contributed by atoms with Gasteiger partial charge >= 0.3 is 12.2 Å². The quantitative estimate of drug-likeness (QED) is 0.702. The van der Waals surface area contributed by atoms with E-state index in [4.69, 9.17) is 16.3 Å². The number of anilines is 1. The van der Waals surface area contributed by atoms with Crippen LogP contribution in [0.4, 0.5) is 23.7 Å². The van der Waals surface area contributed by atoms with Gasteiger partial charge in [0.1, 0.15) is 18.5 Å². The molecule has 0 bridgehead atoms. The molecule has 0 aliphatic heterocycles. The molecule has 1 unspecified atom stereocenters. The van der Waals surface area contributed by atoms with Crippen molar-refractivity contribution in [1.82, 2.24) is 5.32 Å². The van der Waals surface area contributed by atoms with E-state index in [9.17, 15) is 23.1 Å². The maximum Gasteiger partial charge on any atom is 0.416 e. The lowest BCUT2D eigenvalue weighted by molar-refractivity contribution is -0.137. The Kier molecular flexibility index (Phi) is 6.70. The molecule has 3 N–H and O–H groups in total. The first-order valence-corrected chi connectivity index (χ1v) is 7.90. The van der Waals surface area contributed by atoms with Crippen molar-refractivity contribution in [3.05, 3.63) is 59.1 Å². The van der Waals surface area contributed by atoms with Gasteiger partial charge in [0.15, 0.2) is 0 Å². The molecule has 0 aliphatic carbocycles. The Morgan fingerprint density at radius 2 is 1.92 bits per heavy atom. The Hall–Kier alpha value is -2.45. The highest BCUT2D eigenvalue weighted by Crippen LogP contribution is 2.31. The van der Waals surface area contributed by atoms with E-state index in [1.54, 1.807) is 24.3 Å². The molecule has 0 saturated carbocycles. The number of nitrogens with one attached hydrogen (secondary N) is 2. The zero-order valence-electron chi connectivity index (χ0n) is 13.4. The number of ether oxygens (including phenoxy) is 1. The average molecular weight is 389 g/mol. The predicted molar refractivity (Wildman–Crippen MR) is 91.4 cm³/mol. The van der Waals surface area contributed by atoms with Crippen molar-refractivity contribution < 1.29 is 27.8 Å². The lowest BCUT2D eigenvalue weighted by Gasteiger charge is -2.15. The second-order valence-electron chi connectivity index (χ2n) is 5.34. The van der Waals surface area contributed by atoms with Gasteiger partial charge in [-0.1, -0.05) is 23.7 Å². The van der Waals surface area contributed by atoms with Crippen LogP contribution in [-0.4, -0.2) is 30.4 Å². The van der Waals surface area contributed by atoms with Crippen LogP contribution in [-0.2, 0) is 6.18 Å². The van der Waals surface area contributed by atoms with Gasteiger partial charge in [-0.15, -0.1) is 0 Å². The summed E-state index contributed by atoms with van der Waals surface area (Å²) in [7, 11) is 0. The fourth-order valence-corrected chi connectivity index (χ4v) is 2.16. The minimum absolute atomic E-state index is 0.0257. The van der Waals surface area contributed by atoms with Crippen LogP contribution in [0.15, 0.2) is 48.5 Å². The first kappa shape index (κ1) is 19.9. The highest BCUT2D eigenvalue weighted by Gasteiger charge is 2.30. The van der Waals surface area contributed by atoms with Gasteiger partial charge in [0.2, 0.25) is 0 Å². The van der Waals surface area contributed by atoms with Crippen LogP contribution in [0.5, 0.6) is 5.75 Å². The fourth-order valence-electron chi connectivity index (χ4n) is 1.97. The van der Waals surface area contributed by atoms with E-state index < -0.39 is 23.9 Å². The van der Waals surface area contributed by atoms with Gasteiger partial charge in [-0.25, -0.2) is 4.79 Å². The Morgan fingerprint density at radius 1 is 1.19 bits per heavy atom. The van der Waals surface area contributed by atoms with Crippen LogP contribution >= 0.6 is 11.6 Å². The Labute approximate surface area is 152 Å². The molecule has 9 heteroatoms. The lowest BCUT2D eigenvalue weighted by atomic mass is 10.2. The molecule has 0 aliphatic rings. The van der Waals surface area contributed by atoms with Crippen molar-refractivity contribution in [3.8, 4) is 5.75 Å². The number of rotatable bonds is 6. The van der Waals surface area contributed by atoms with E-state index in [2.05, 4.69) is 10.6 Å². The van der Waals surface area contributed by atoms with Gasteiger partial charge in [0.25, 0.3) is 0 Å². The molecule has 5 nitrogen and oxygen atoms in total. The molecule has 2 rings (SSSR count). The van der Waals surface area contributed by atoms with Gasteiger partial charge in [0.05, 0.1) is 5.56 Å². The monoisotopic (exact) mass is 388 g/mol. The zero-order valence-corrected chi connectivity index (χ0v) is 14.1. The Morgan fingerprint density at radius 3 is 2.62 bits per heavy atom. The van der Waals surface area contributed by atoms with Gasteiger partial charge < -0.3 is 20.5 Å². The molecule has 2 amide bonds. The van der Waals surface area contributed by atoms with E-state index >= 15 is 0 Å². The smallest absolute Gasteiger partial charge is 0.416 e. The number of halogens is 4. The third-order valence-corrected chi connectivity index (χ3v) is 3.42. The number of carbonyl (C=O) groups is 1. The van der Waals surface area contributed by atoms with Crippen LogP contribution in [0.1, 0.15) is 5.56 Å². The molecular formula is C17H16ClF3N2O3. The number of aliphatic hydroxyl groups excluding tert-OH is 1. The second kappa shape index (κ2) is 8.77. The largest absolute Gasteiger partial charge is 0.491 e. The topological polar surface area (TPSA) is 70.6 Å². The maximum absolute atomic E-state index is 12.6. The molecular weight excluding hydrogens is 373 g/mol. The normalized spacial score (nSPS) is 12.3. The fraction of sp³-hybridized carbons (Fsp3) is 0.235. The predicted octanol–water partition coefficient (Wildman–Crippen LogP) is 3.92. The summed E-state index contributed by atoms with van der Waals surface area (Å²) in [4.78, 5) is 11.7. The Bertz CT molecular complexity index is 756. The first-order valence-electron chi connectivity index (χ1n) is 7.52. The first-order chi connectivity index (χ1) is 12.2. The minimum atomic E-state index is -4.47. The van der Waals surface area contributed by atoms with Crippen molar-refractivity contribution in [2.75, 3.05) is 18.5 Å². The summed E-state index contributed by atoms with van der Waals surface area (Å²) in [5, 5.41) is 15.2. The van der Waals surface area contributed by atoms with E-state index in [0.29, 0.717) is 10.7 Å². The van der Waals surface area contributed by atoms with Gasteiger partial charge in [-0.2, -0.15) is 13.2 Å². The standard InChI is InChI=1S/C17H16ClF3N2O3/c18-12-4-2-5-13(8-12)23-16(25)22-9-14(24)10-26-15-6-1-3-11(7-15)17(19,20)21/h1-8,14,24H,9-10H2,(H2,22,23,25). The summed E-state index contributed by atoms with van der Waals surface area (Å²) >= 11 is 5.80. The summed E-state index contributed by atoms with van der Waals surface area (Å²) in [5.74, 6) is -0.0257. The number of urea groups is 1. The summed E-state index contributed by atoms with van der Waals surface area (Å²) in [6, 6.07) is 10.3. The van der Waals surface area contributed by atoms with Crippen LogP contribution < -0.4 is 15.4 Å². The average Bonchev–Trinajstić information content (AvgIpc) is 2.58. The van der Waals surface area contributed by atoms with Crippen molar-refractivity contribution >= 4 is 23.3 Å². The third-order valence-electron chi connectivity index (χ3n) is 3.18. The number of benzene rings is 2. The number of alkyl halides is 3. The lowest BCUT2D eigenvalue weighted by Crippen LogP contribution is -2.37. The number of amides is 2. The van der Waals surface area contributed by atoms with Crippen LogP contribution in [0.25, 0.3) is 0 Å². The molecule has 140 valence electrons. The molecule has 2 aromatic rings. The molecule has 2 aromatic carbocycles. The van der Waals surface area contributed by atoms with E-state index in [-0.39, 0.29) is 18.9 Å². The third kappa shape index (κ3) is 6.45. The molecule has 0 aromatic heterocycles. The van der Waals surface area contributed by atoms with Gasteiger partial charge in [-0.3, -0.25) is 0 Å². The summed E-state index contributed by atoms with van der Waals surface area (Å²) in [6.07, 6.45) is -5.58. The van der Waals surface area contributed by atoms with E-state index in [1.165, 1.54) is 12.1 Å². The van der Waals surface area contributed by atoms with Crippen LogP contribution in [0, 0.1) is 0 Å². The maximum atomic E-state index is 12.6. The number of aliphatic hydroxyl groups is 1. The highest BCUT2D eigenvalue weighted by molar-refractivity contribution is 6.30. The minimum Gasteiger partial charge on any atom is -0.491 e. The summed E-state index contributed by atoms with van der Waals surface area (Å²) in [5.41, 5.74) is -0.367. The number of hydrogen-bond donors (Lipinski definition) is 3. The number of hydrogen-bond acceptors (Lipinski definition) is 3. The van der Waals surface area contributed by atoms with Crippen molar-refractivity contribution in [1.29, 1.82) is 0 Å². The summed E-state index contributed by atoms with van der Waals surface area (Å²) < 4.78 is 43.0. The molecule has 0 spiro atoms. The van der Waals surface area contributed by atoms with Crippen molar-refractivity contribution in [2.45, 2.75) is 12.3 Å². The number of carbonyl (C=O) groups excluding carboxylic acids is 1. The van der Waals surface area contributed by atoms with Crippen molar-refractivity contribution in [2.24, 2.45) is 0 Å². The highest BCUT2D eigenvalue weighted by atomic mass is 35.5. The molecule has 0 saturated heterocycles. The van der Waals surface area contributed by atoms with Gasteiger partial charge in [-0.05, 0) is 36.4 Å². The summed E-state index contributed by atoms with van der Waals surface area (Å²) in [6.45, 7) is -0.426. The van der Waals surface area contributed by atoms with E-state index in [1.807, 2.05) is 0 Å². The van der Waals surface area contributed by atoms with Crippen molar-refractivity contribution in [3.63, 3.8) is 0 Å². The van der Waals surface area contributed by atoms with E-state index in [0.717, 1.165) is 12.1 Å². The zero-order chi connectivity index (χ0) is 19.2. The van der Waals surface area contributed by atoms with Crippen LogP contribution in [0.2, 0.25) is 5.02 Å².